The van der Waals surface area contributed by atoms with Crippen LogP contribution < -0.4 is 4.74 Å². The van der Waals surface area contributed by atoms with Gasteiger partial charge in [-0.25, -0.2) is 4.99 Å². The zero-order valence-corrected chi connectivity index (χ0v) is 16.0. The normalized spacial score (nSPS) is 15.2. The van der Waals surface area contributed by atoms with E-state index in [9.17, 15) is 0 Å². The first-order valence-electron chi connectivity index (χ1n) is 9.66. The summed E-state index contributed by atoms with van der Waals surface area (Å²) in [6, 6.07) is 24.0. The quantitative estimate of drug-likeness (QED) is 0.632. The number of piperidine rings is 1. The van der Waals surface area contributed by atoms with Crippen LogP contribution in [0.15, 0.2) is 77.8 Å². The maximum absolute atomic E-state index is 5.98. The van der Waals surface area contributed by atoms with Crippen LogP contribution in [0.5, 0.6) is 5.88 Å². The maximum atomic E-state index is 5.98. The average molecular weight is 372 g/mol. The fourth-order valence-electron chi connectivity index (χ4n) is 3.31. The summed E-state index contributed by atoms with van der Waals surface area (Å²) in [5, 5.41) is 8.52. The van der Waals surface area contributed by atoms with Gasteiger partial charge in [-0.1, -0.05) is 60.7 Å². The number of hydrogen-bond donors (Lipinski definition) is 0. The van der Waals surface area contributed by atoms with Gasteiger partial charge in [0, 0.05) is 30.3 Å². The predicted molar refractivity (Wildman–Crippen MR) is 111 cm³/mol. The molecule has 0 amide bonds. The molecule has 0 unspecified atom stereocenters. The molecule has 1 aliphatic rings. The second-order valence-corrected chi connectivity index (χ2v) is 7.04. The van der Waals surface area contributed by atoms with E-state index in [0.29, 0.717) is 11.7 Å². The number of nitrogens with zero attached hydrogens (tertiary/aromatic N) is 4. The molecule has 3 aromatic rings. The molecule has 1 aromatic heterocycles. The topological polar surface area (TPSA) is 50.6 Å². The van der Waals surface area contributed by atoms with Crippen molar-refractivity contribution in [1.29, 1.82) is 0 Å². The van der Waals surface area contributed by atoms with Crippen molar-refractivity contribution >= 4 is 11.5 Å². The van der Waals surface area contributed by atoms with Crippen molar-refractivity contribution < 1.29 is 4.74 Å². The van der Waals surface area contributed by atoms with E-state index in [-0.39, 0.29) is 6.10 Å². The lowest BCUT2D eigenvalue weighted by Crippen LogP contribution is -2.35. The van der Waals surface area contributed by atoms with Crippen molar-refractivity contribution in [2.45, 2.75) is 18.9 Å². The van der Waals surface area contributed by atoms with Gasteiger partial charge < -0.3 is 9.64 Å². The maximum Gasteiger partial charge on any atom is 0.233 e. The molecule has 2 heterocycles. The Morgan fingerprint density at radius 3 is 2.00 bits per heavy atom. The van der Waals surface area contributed by atoms with Crippen LogP contribution in [0, 0.1) is 0 Å². The second kappa shape index (κ2) is 8.76. The van der Waals surface area contributed by atoms with E-state index in [4.69, 9.17) is 9.73 Å². The van der Waals surface area contributed by atoms with Crippen LogP contribution in [0.25, 0.3) is 0 Å². The lowest BCUT2D eigenvalue weighted by molar-refractivity contribution is 0.109. The highest BCUT2D eigenvalue weighted by molar-refractivity contribution is 6.13. The van der Waals surface area contributed by atoms with Gasteiger partial charge in [-0.05, 0) is 26.0 Å². The molecule has 28 heavy (non-hydrogen) atoms. The van der Waals surface area contributed by atoms with Gasteiger partial charge in [-0.2, -0.15) is 0 Å². The summed E-state index contributed by atoms with van der Waals surface area (Å²) in [4.78, 5) is 7.10. The number of ether oxygens (including phenoxy) is 1. The number of benzene rings is 2. The number of aromatic nitrogens is 2. The minimum absolute atomic E-state index is 0.212. The fourth-order valence-corrected chi connectivity index (χ4v) is 3.31. The SMILES string of the molecule is CN1CCC(Oc2ccc(N=C(c3ccccc3)c3ccccc3)nn2)CC1. The molecule has 0 radical (unpaired) electrons. The molecule has 1 aliphatic heterocycles. The van der Waals surface area contributed by atoms with Gasteiger partial charge in [0.15, 0.2) is 5.82 Å². The highest BCUT2D eigenvalue weighted by Crippen LogP contribution is 2.20. The Hall–Kier alpha value is -3.05. The Morgan fingerprint density at radius 1 is 0.857 bits per heavy atom. The van der Waals surface area contributed by atoms with Crippen molar-refractivity contribution in [1.82, 2.24) is 15.1 Å². The average Bonchev–Trinajstić information content (AvgIpc) is 2.76. The van der Waals surface area contributed by atoms with Gasteiger partial charge >= 0.3 is 0 Å². The molecular formula is C23H24N4O. The van der Waals surface area contributed by atoms with Crippen LogP contribution in [0.4, 0.5) is 5.82 Å². The molecule has 0 bridgehead atoms. The van der Waals surface area contributed by atoms with Crippen LogP contribution in [0.2, 0.25) is 0 Å². The second-order valence-electron chi connectivity index (χ2n) is 7.04. The van der Waals surface area contributed by atoms with Gasteiger partial charge in [-0.3, -0.25) is 0 Å². The van der Waals surface area contributed by atoms with Gasteiger partial charge in [0.25, 0.3) is 0 Å². The third kappa shape index (κ3) is 4.61. The summed E-state index contributed by atoms with van der Waals surface area (Å²) in [6.07, 6.45) is 2.25. The minimum Gasteiger partial charge on any atom is -0.473 e. The Morgan fingerprint density at radius 2 is 1.46 bits per heavy atom. The molecule has 5 heteroatoms. The third-order valence-corrected chi connectivity index (χ3v) is 4.90. The van der Waals surface area contributed by atoms with Gasteiger partial charge in [0.2, 0.25) is 5.88 Å². The molecule has 1 fully saturated rings. The zero-order valence-electron chi connectivity index (χ0n) is 16.0. The standard InChI is InChI=1S/C23H24N4O/c1-27-16-14-20(15-17-27)28-22-13-12-21(25-26-22)24-23(18-8-4-2-5-9-18)19-10-6-3-7-11-19/h2-13,20H,14-17H2,1H3. The summed E-state index contributed by atoms with van der Waals surface area (Å²) < 4.78 is 5.98. The first-order chi connectivity index (χ1) is 13.8. The summed E-state index contributed by atoms with van der Waals surface area (Å²) in [5.74, 6) is 1.13. The lowest BCUT2D eigenvalue weighted by atomic mass is 10.0. The smallest absolute Gasteiger partial charge is 0.233 e. The Bertz CT molecular complexity index is 861. The summed E-state index contributed by atoms with van der Waals surface area (Å²) >= 11 is 0. The third-order valence-electron chi connectivity index (χ3n) is 4.90. The molecule has 0 spiro atoms. The van der Waals surface area contributed by atoms with Crippen LogP contribution in [-0.2, 0) is 0 Å². The van der Waals surface area contributed by atoms with E-state index in [1.807, 2.05) is 48.5 Å². The molecule has 1 saturated heterocycles. The van der Waals surface area contributed by atoms with E-state index in [1.54, 1.807) is 0 Å². The molecule has 0 N–H and O–H groups in total. The van der Waals surface area contributed by atoms with Crippen molar-refractivity contribution in [3.05, 3.63) is 83.9 Å². The van der Waals surface area contributed by atoms with E-state index in [2.05, 4.69) is 46.4 Å². The minimum atomic E-state index is 0.212. The predicted octanol–water partition coefficient (Wildman–Crippen LogP) is 4.12. The number of aliphatic imine (C=N–C) groups is 1. The molecule has 0 atom stereocenters. The van der Waals surface area contributed by atoms with Crippen molar-refractivity contribution in [3.63, 3.8) is 0 Å². The molecule has 0 saturated carbocycles. The van der Waals surface area contributed by atoms with Crippen LogP contribution in [0.1, 0.15) is 24.0 Å². The van der Waals surface area contributed by atoms with E-state index < -0.39 is 0 Å². The Labute approximate surface area is 165 Å². The summed E-state index contributed by atoms with van der Waals surface area (Å²) in [7, 11) is 2.14. The monoisotopic (exact) mass is 372 g/mol. The largest absolute Gasteiger partial charge is 0.473 e. The number of rotatable bonds is 5. The number of hydrogen-bond acceptors (Lipinski definition) is 5. The Balaban J connectivity index is 1.55. The van der Waals surface area contributed by atoms with Crippen molar-refractivity contribution in [2.75, 3.05) is 20.1 Å². The van der Waals surface area contributed by atoms with E-state index >= 15 is 0 Å². The first kappa shape index (κ1) is 18.3. The van der Waals surface area contributed by atoms with Crippen LogP contribution >= 0.6 is 0 Å². The highest BCUT2D eigenvalue weighted by Gasteiger charge is 2.18. The molecule has 0 aliphatic carbocycles. The van der Waals surface area contributed by atoms with Crippen molar-refractivity contribution in [2.24, 2.45) is 4.99 Å². The molecule has 2 aromatic carbocycles. The lowest BCUT2D eigenvalue weighted by Gasteiger charge is -2.28. The van der Waals surface area contributed by atoms with Crippen molar-refractivity contribution in [3.8, 4) is 5.88 Å². The zero-order chi connectivity index (χ0) is 19.2. The molecule has 142 valence electrons. The van der Waals surface area contributed by atoms with E-state index in [0.717, 1.165) is 42.8 Å². The summed E-state index contributed by atoms with van der Waals surface area (Å²) in [5.41, 5.74) is 2.96. The molecular weight excluding hydrogens is 348 g/mol. The Kier molecular flexibility index (Phi) is 5.73. The molecule has 5 nitrogen and oxygen atoms in total. The highest BCUT2D eigenvalue weighted by atomic mass is 16.5. The summed E-state index contributed by atoms with van der Waals surface area (Å²) in [6.45, 7) is 2.11. The van der Waals surface area contributed by atoms with Gasteiger partial charge in [0.1, 0.15) is 6.10 Å². The van der Waals surface area contributed by atoms with E-state index in [1.165, 1.54) is 0 Å². The van der Waals surface area contributed by atoms with Gasteiger partial charge in [-0.15, -0.1) is 10.2 Å². The molecule has 4 rings (SSSR count). The first-order valence-corrected chi connectivity index (χ1v) is 9.66. The number of likely N-dealkylation sites (tertiary alicyclic amines) is 1. The van der Waals surface area contributed by atoms with Gasteiger partial charge in [0.05, 0.1) is 5.71 Å². The van der Waals surface area contributed by atoms with Crippen LogP contribution in [-0.4, -0.2) is 47.1 Å². The van der Waals surface area contributed by atoms with Crippen LogP contribution in [0.3, 0.4) is 0 Å². The fraction of sp³-hybridized carbons (Fsp3) is 0.261.